The lowest BCUT2D eigenvalue weighted by Crippen LogP contribution is -2.06. The average Bonchev–Trinajstić information content (AvgIpc) is 3.26. The number of hydrogen-bond acceptors (Lipinski definition) is 7. The average molecular weight is 461 g/mol. The molecule has 0 fully saturated rings. The minimum Gasteiger partial charge on any atom is -0.496 e. The lowest BCUT2D eigenvalue weighted by Gasteiger charge is -2.12. The van der Waals surface area contributed by atoms with Crippen LogP contribution in [0.15, 0.2) is 78.0 Å². The van der Waals surface area contributed by atoms with E-state index in [0.29, 0.717) is 16.7 Å². The fraction of sp³-hybridized carbons (Fsp3) is 0.125. The van der Waals surface area contributed by atoms with Crippen molar-refractivity contribution >= 4 is 23.2 Å². The maximum atomic E-state index is 12.7. The number of carbonyl (C=O) groups is 1. The molecule has 0 bridgehead atoms. The second-order valence-electron chi connectivity index (χ2n) is 7.20. The molecule has 0 aliphatic heterocycles. The Morgan fingerprint density at radius 2 is 1.82 bits per heavy atom. The van der Waals surface area contributed by atoms with Crippen LogP contribution in [0, 0.1) is 17.0 Å². The Kier molecular flexibility index (Phi) is 6.50. The largest absolute Gasteiger partial charge is 0.496 e. The highest BCUT2D eigenvalue weighted by atomic mass is 32.2. The van der Waals surface area contributed by atoms with E-state index in [4.69, 9.17) is 4.74 Å². The zero-order valence-corrected chi connectivity index (χ0v) is 18.8. The van der Waals surface area contributed by atoms with Crippen molar-refractivity contribution in [3.05, 3.63) is 94.0 Å². The van der Waals surface area contributed by atoms with Crippen molar-refractivity contribution < 1.29 is 14.5 Å². The summed E-state index contributed by atoms with van der Waals surface area (Å²) in [6.07, 6.45) is 0. The molecule has 9 heteroatoms. The number of benzene rings is 3. The summed E-state index contributed by atoms with van der Waals surface area (Å²) in [4.78, 5) is 23.3. The number of methoxy groups -OCH3 is 1. The van der Waals surface area contributed by atoms with E-state index in [-0.39, 0.29) is 22.8 Å². The van der Waals surface area contributed by atoms with Gasteiger partial charge < -0.3 is 4.74 Å². The van der Waals surface area contributed by atoms with E-state index in [9.17, 15) is 14.9 Å². The van der Waals surface area contributed by atoms with Gasteiger partial charge in [-0.3, -0.25) is 19.5 Å². The Bertz CT molecular complexity index is 1320. The molecule has 0 spiro atoms. The van der Waals surface area contributed by atoms with Crippen LogP contribution in [0.2, 0.25) is 0 Å². The molecule has 0 saturated heterocycles. The molecule has 33 heavy (non-hydrogen) atoms. The number of ketones is 1. The van der Waals surface area contributed by atoms with Gasteiger partial charge in [-0.05, 0) is 31.2 Å². The van der Waals surface area contributed by atoms with Gasteiger partial charge in [0, 0.05) is 23.4 Å². The summed E-state index contributed by atoms with van der Waals surface area (Å²) < 4.78 is 7.39. The zero-order valence-electron chi connectivity index (χ0n) is 18.0. The number of nitro benzene ring substituents is 1. The molecule has 3 aromatic carbocycles. The van der Waals surface area contributed by atoms with Gasteiger partial charge in [-0.1, -0.05) is 53.7 Å². The predicted octanol–water partition coefficient (Wildman–Crippen LogP) is 5.13. The van der Waals surface area contributed by atoms with Crippen LogP contribution in [0.1, 0.15) is 15.9 Å². The number of nitro groups is 1. The number of aryl methyl sites for hydroxylation is 1. The van der Waals surface area contributed by atoms with E-state index < -0.39 is 4.92 Å². The van der Waals surface area contributed by atoms with Crippen LogP contribution in [0.3, 0.4) is 0 Å². The standard InChI is InChI=1S/C24H20N4O4S/c1-16-10-12-18(13-11-16)27-23(20-8-3-4-9-22(20)32-2)25-26-24(27)33-15-21(29)17-6-5-7-19(14-17)28(30)31/h3-14H,15H2,1-2H3. The molecule has 0 unspecified atom stereocenters. The molecule has 166 valence electrons. The predicted molar refractivity (Wildman–Crippen MR) is 126 cm³/mol. The number of rotatable bonds is 8. The van der Waals surface area contributed by atoms with Gasteiger partial charge >= 0.3 is 0 Å². The van der Waals surface area contributed by atoms with Crippen LogP contribution in [0.4, 0.5) is 5.69 Å². The third kappa shape index (κ3) is 4.78. The van der Waals surface area contributed by atoms with E-state index in [1.165, 1.54) is 30.0 Å². The summed E-state index contributed by atoms with van der Waals surface area (Å²) in [5.41, 5.74) is 2.89. The fourth-order valence-corrected chi connectivity index (χ4v) is 4.15. The Balaban J connectivity index is 1.69. The van der Waals surface area contributed by atoms with Crippen LogP contribution >= 0.6 is 11.8 Å². The van der Waals surface area contributed by atoms with E-state index >= 15 is 0 Å². The van der Waals surface area contributed by atoms with Crippen molar-refractivity contribution in [2.24, 2.45) is 0 Å². The first-order valence-electron chi connectivity index (χ1n) is 10.0. The molecule has 1 heterocycles. The molecule has 0 radical (unpaired) electrons. The third-order valence-electron chi connectivity index (χ3n) is 4.98. The van der Waals surface area contributed by atoms with Crippen molar-refractivity contribution in [3.8, 4) is 22.8 Å². The molecule has 0 amide bonds. The van der Waals surface area contributed by atoms with Crippen molar-refractivity contribution in [1.82, 2.24) is 14.8 Å². The minimum atomic E-state index is -0.516. The lowest BCUT2D eigenvalue weighted by molar-refractivity contribution is -0.384. The monoisotopic (exact) mass is 460 g/mol. The number of aromatic nitrogens is 3. The maximum Gasteiger partial charge on any atom is 0.270 e. The smallest absolute Gasteiger partial charge is 0.270 e. The van der Waals surface area contributed by atoms with Crippen LogP contribution in [0.25, 0.3) is 17.1 Å². The Morgan fingerprint density at radius 1 is 1.06 bits per heavy atom. The van der Waals surface area contributed by atoms with Gasteiger partial charge in [-0.2, -0.15) is 0 Å². The summed E-state index contributed by atoms with van der Waals surface area (Å²) in [5, 5.41) is 20.3. The van der Waals surface area contributed by atoms with Crippen LogP contribution in [-0.4, -0.2) is 38.3 Å². The van der Waals surface area contributed by atoms with E-state index in [1.807, 2.05) is 60.0 Å². The topological polar surface area (TPSA) is 100 Å². The van der Waals surface area contributed by atoms with Gasteiger partial charge in [0.05, 0.1) is 23.3 Å². The van der Waals surface area contributed by atoms with Gasteiger partial charge in [0.2, 0.25) is 0 Å². The van der Waals surface area contributed by atoms with Crippen LogP contribution in [-0.2, 0) is 0 Å². The molecule has 0 aliphatic rings. The quantitative estimate of drug-likeness (QED) is 0.155. The number of nitrogens with zero attached hydrogens (tertiary/aromatic N) is 4. The highest BCUT2D eigenvalue weighted by Gasteiger charge is 2.20. The van der Waals surface area contributed by atoms with Crippen LogP contribution in [0.5, 0.6) is 5.75 Å². The lowest BCUT2D eigenvalue weighted by atomic mass is 10.1. The van der Waals surface area contributed by atoms with Crippen LogP contribution < -0.4 is 4.74 Å². The number of para-hydroxylation sites is 1. The van der Waals surface area contributed by atoms with Gasteiger partial charge in [0.15, 0.2) is 16.8 Å². The van der Waals surface area contributed by atoms with Gasteiger partial charge in [0.25, 0.3) is 5.69 Å². The summed E-state index contributed by atoms with van der Waals surface area (Å²) in [7, 11) is 1.60. The summed E-state index contributed by atoms with van der Waals surface area (Å²) >= 11 is 1.22. The zero-order chi connectivity index (χ0) is 23.4. The Morgan fingerprint density at radius 3 is 2.55 bits per heavy atom. The number of carbonyl (C=O) groups excluding carboxylic acids is 1. The number of Topliss-reactive ketones (excluding diaryl/α,β-unsaturated/α-hetero) is 1. The normalized spacial score (nSPS) is 10.7. The molecule has 0 atom stereocenters. The number of ether oxygens (including phenoxy) is 1. The van der Waals surface area contributed by atoms with Gasteiger partial charge in [0.1, 0.15) is 5.75 Å². The number of thioether (sulfide) groups is 1. The van der Waals surface area contributed by atoms with Gasteiger partial charge in [-0.25, -0.2) is 0 Å². The second-order valence-corrected chi connectivity index (χ2v) is 8.14. The van der Waals surface area contributed by atoms with Crippen molar-refractivity contribution in [2.45, 2.75) is 12.1 Å². The third-order valence-corrected chi connectivity index (χ3v) is 5.91. The van der Waals surface area contributed by atoms with Crippen molar-refractivity contribution in [2.75, 3.05) is 12.9 Å². The molecule has 0 saturated carbocycles. The molecule has 4 rings (SSSR count). The first-order chi connectivity index (χ1) is 16.0. The summed E-state index contributed by atoms with van der Waals surface area (Å²) in [5.74, 6) is 1.06. The highest BCUT2D eigenvalue weighted by Crippen LogP contribution is 2.33. The SMILES string of the molecule is COc1ccccc1-c1nnc(SCC(=O)c2cccc([N+](=O)[O-])c2)n1-c1ccc(C)cc1. The van der Waals surface area contributed by atoms with Crippen molar-refractivity contribution in [3.63, 3.8) is 0 Å². The van der Waals surface area contributed by atoms with E-state index in [2.05, 4.69) is 10.2 Å². The fourth-order valence-electron chi connectivity index (χ4n) is 3.30. The number of hydrogen-bond donors (Lipinski definition) is 0. The molecule has 0 N–H and O–H groups in total. The first-order valence-corrected chi connectivity index (χ1v) is 11.0. The van der Waals surface area contributed by atoms with Crippen molar-refractivity contribution in [1.29, 1.82) is 0 Å². The van der Waals surface area contributed by atoms with E-state index in [1.54, 1.807) is 13.2 Å². The first kappa shape index (κ1) is 22.2. The highest BCUT2D eigenvalue weighted by molar-refractivity contribution is 7.99. The minimum absolute atomic E-state index is 0.0527. The molecule has 0 aliphatic carbocycles. The Labute approximate surface area is 194 Å². The molecule has 8 nitrogen and oxygen atoms in total. The van der Waals surface area contributed by atoms with Gasteiger partial charge in [-0.15, -0.1) is 10.2 Å². The number of non-ortho nitro benzene ring substituents is 1. The Hall–Kier alpha value is -3.98. The molecule has 4 aromatic rings. The van der Waals surface area contributed by atoms with E-state index in [0.717, 1.165) is 16.8 Å². The molecular formula is C24H20N4O4S. The summed E-state index contributed by atoms with van der Waals surface area (Å²) in [6, 6.07) is 21.1. The maximum absolute atomic E-state index is 12.7. The molecule has 1 aromatic heterocycles. The second kappa shape index (κ2) is 9.66. The molecular weight excluding hydrogens is 440 g/mol. The summed E-state index contributed by atoms with van der Waals surface area (Å²) in [6.45, 7) is 2.00.